The Morgan fingerprint density at radius 2 is 1.80 bits per heavy atom. The molecule has 2 aromatic heterocycles. The van der Waals surface area contributed by atoms with Crippen molar-refractivity contribution in [2.24, 2.45) is 0 Å². The minimum atomic E-state index is 0.732. The summed E-state index contributed by atoms with van der Waals surface area (Å²) in [5.41, 5.74) is 5.37. The molecule has 0 bridgehead atoms. The van der Waals surface area contributed by atoms with Crippen LogP contribution in [0.3, 0.4) is 0 Å². The summed E-state index contributed by atoms with van der Waals surface area (Å²) >= 11 is 0. The Hall–Kier alpha value is -1.81. The molecule has 0 spiro atoms. The normalized spacial score (nSPS) is 10.8. The van der Waals surface area contributed by atoms with Crippen LogP contribution in [0.2, 0.25) is 0 Å². The summed E-state index contributed by atoms with van der Waals surface area (Å²) in [6.07, 6.45) is 3.90. The molecule has 0 aromatic carbocycles. The number of aryl methyl sites for hydroxylation is 3. The molecular formula is C16H22N4. The number of nitrogens with one attached hydrogen (secondary N) is 1. The van der Waals surface area contributed by atoms with Gasteiger partial charge < -0.3 is 5.32 Å². The Bertz CT molecular complexity index is 570. The number of rotatable bonds is 5. The predicted molar refractivity (Wildman–Crippen MR) is 81.7 cm³/mol. The smallest absolute Gasteiger partial charge is 0.178 e. The topological polar surface area (TPSA) is 50.7 Å². The molecule has 0 saturated carbocycles. The Kier molecular flexibility index (Phi) is 4.79. The van der Waals surface area contributed by atoms with Gasteiger partial charge in [-0.25, -0.2) is 9.97 Å². The van der Waals surface area contributed by atoms with E-state index in [2.05, 4.69) is 34.1 Å². The third kappa shape index (κ3) is 3.20. The first kappa shape index (κ1) is 14.6. The maximum Gasteiger partial charge on any atom is 0.178 e. The van der Waals surface area contributed by atoms with Gasteiger partial charge >= 0.3 is 0 Å². The van der Waals surface area contributed by atoms with Crippen molar-refractivity contribution in [2.75, 3.05) is 13.6 Å². The molecule has 0 aliphatic rings. The van der Waals surface area contributed by atoms with Crippen LogP contribution in [0.4, 0.5) is 0 Å². The Morgan fingerprint density at radius 3 is 2.40 bits per heavy atom. The standard InChI is InChI=1S/C16H22N4/c1-11-7-5-10-18-15(11)16-19-12(2)14(13(3)20-16)8-6-9-17-4/h5,7,10,17H,6,8-9H2,1-4H3. The minimum Gasteiger partial charge on any atom is -0.320 e. The van der Waals surface area contributed by atoms with Crippen LogP contribution < -0.4 is 5.32 Å². The predicted octanol–water partition coefficient (Wildman–Crippen LogP) is 2.62. The van der Waals surface area contributed by atoms with Crippen LogP contribution in [0.15, 0.2) is 18.3 Å². The zero-order chi connectivity index (χ0) is 14.5. The van der Waals surface area contributed by atoms with Gasteiger partial charge in [-0.1, -0.05) is 6.07 Å². The maximum absolute atomic E-state index is 4.65. The highest BCUT2D eigenvalue weighted by Gasteiger charge is 2.12. The molecular weight excluding hydrogens is 248 g/mol. The second-order valence-corrected chi connectivity index (χ2v) is 5.07. The fourth-order valence-corrected chi connectivity index (χ4v) is 2.37. The van der Waals surface area contributed by atoms with Gasteiger partial charge in [0.1, 0.15) is 5.69 Å². The summed E-state index contributed by atoms with van der Waals surface area (Å²) in [6, 6.07) is 3.97. The fourth-order valence-electron chi connectivity index (χ4n) is 2.37. The van der Waals surface area contributed by atoms with Gasteiger partial charge in [0.05, 0.1) is 0 Å². The van der Waals surface area contributed by atoms with Gasteiger partial charge in [0.2, 0.25) is 0 Å². The Balaban J connectivity index is 2.33. The number of hydrogen-bond donors (Lipinski definition) is 1. The molecule has 0 radical (unpaired) electrons. The number of aromatic nitrogens is 3. The Labute approximate surface area is 120 Å². The van der Waals surface area contributed by atoms with Gasteiger partial charge in [0.25, 0.3) is 0 Å². The first-order valence-electron chi connectivity index (χ1n) is 7.04. The second-order valence-electron chi connectivity index (χ2n) is 5.07. The highest BCUT2D eigenvalue weighted by molar-refractivity contribution is 5.55. The summed E-state index contributed by atoms with van der Waals surface area (Å²) < 4.78 is 0. The zero-order valence-electron chi connectivity index (χ0n) is 12.7. The van der Waals surface area contributed by atoms with Crippen LogP contribution in [-0.4, -0.2) is 28.5 Å². The highest BCUT2D eigenvalue weighted by atomic mass is 14.9. The van der Waals surface area contributed by atoms with Gasteiger partial charge in [-0.3, -0.25) is 4.98 Å². The van der Waals surface area contributed by atoms with Crippen LogP contribution in [0.25, 0.3) is 11.5 Å². The zero-order valence-corrected chi connectivity index (χ0v) is 12.7. The fraction of sp³-hybridized carbons (Fsp3) is 0.438. The number of nitrogens with zero attached hydrogens (tertiary/aromatic N) is 3. The molecule has 0 aliphatic carbocycles. The molecule has 0 amide bonds. The van der Waals surface area contributed by atoms with Crippen molar-refractivity contribution < 1.29 is 0 Å². The molecule has 0 atom stereocenters. The van der Waals surface area contributed by atoms with Crippen molar-refractivity contribution >= 4 is 0 Å². The minimum absolute atomic E-state index is 0.732. The highest BCUT2D eigenvalue weighted by Crippen LogP contribution is 2.20. The van der Waals surface area contributed by atoms with Crippen LogP contribution in [0.5, 0.6) is 0 Å². The third-order valence-electron chi connectivity index (χ3n) is 3.50. The molecule has 2 aromatic rings. The summed E-state index contributed by atoms with van der Waals surface area (Å²) in [5.74, 6) is 0.732. The van der Waals surface area contributed by atoms with Crippen LogP contribution >= 0.6 is 0 Å². The lowest BCUT2D eigenvalue weighted by molar-refractivity contribution is 0.715. The molecule has 4 nitrogen and oxygen atoms in total. The van der Waals surface area contributed by atoms with E-state index in [-0.39, 0.29) is 0 Å². The van der Waals surface area contributed by atoms with Crippen molar-refractivity contribution in [2.45, 2.75) is 33.6 Å². The molecule has 1 N–H and O–H groups in total. The average molecular weight is 270 g/mol. The molecule has 0 unspecified atom stereocenters. The molecule has 2 heterocycles. The largest absolute Gasteiger partial charge is 0.320 e. The van der Waals surface area contributed by atoms with Gasteiger partial charge in [-0.2, -0.15) is 0 Å². The van der Waals surface area contributed by atoms with Gasteiger partial charge in [-0.05, 0) is 64.4 Å². The lowest BCUT2D eigenvalue weighted by atomic mass is 10.1. The molecule has 2 rings (SSSR count). The van der Waals surface area contributed by atoms with Crippen LogP contribution in [-0.2, 0) is 6.42 Å². The first-order chi connectivity index (χ1) is 9.63. The number of pyridine rings is 1. The average Bonchev–Trinajstić information content (AvgIpc) is 2.42. The molecule has 20 heavy (non-hydrogen) atoms. The van der Waals surface area contributed by atoms with E-state index in [0.717, 1.165) is 47.9 Å². The first-order valence-corrected chi connectivity index (χ1v) is 7.04. The van der Waals surface area contributed by atoms with E-state index in [9.17, 15) is 0 Å². The monoisotopic (exact) mass is 270 g/mol. The van der Waals surface area contributed by atoms with E-state index in [0.29, 0.717) is 0 Å². The summed E-state index contributed by atoms with van der Waals surface area (Å²) in [7, 11) is 1.98. The van der Waals surface area contributed by atoms with Gasteiger partial charge in [0, 0.05) is 17.6 Å². The molecule has 106 valence electrons. The van der Waals surface area contributed by atoms with E-state index in [1.165, 1.54) is 5.56 Å². The van der Waals surface area contributed by atoms with E-state index >= 15 is 0 Å². The molecule has 0 fully saturated rings. The van der Waals surface area contributed by atoms with E-state index in [1.54, 1.807) is 6.20 Å². The van der Waals surface area contributed by atoms with Crippen molar-refractivity contribution in [3.8, 4) is 11.5 Å². The molecule has 0 saturated heterocycles. The lowest BCUT2D eigenvalue weighted by Gasteiger charge is -2.11. The van der Waals surface area contributed by atoms with E-state index in [4.69, 9.17) is 0 Å². The van der Waals surface area contributed by atoms with Crippen LogP contribution in [0, 0.1) is 20.8 Å². The SMILES string of the molecule is CNCCCc1c(C)nc(-c2ncccc2C)nc1C. The summed E-state index contributed by atoms with van der Waals surface area (Å²) in [6.45, 7) is 7.17. The Morgan fingerprint density at radius 1 is 1.10 bits per heavy atom. The quantitative estimate of drug-likeness (QED) is 0.849. The summed E-state index contributed by atoms with van der Waals surface area (Å²) in [4.78, 5) is 13.7. The summed E-state index contributed by atoms with van der Waals surface area (Å²) in [5, 5.41) is 3.17. The third-order valence-corrected chi connectivity index (χ3v) is 3.50. The molecule has 4 heteroatoms. The lowest BCUT2D eigenvalue weighted by Crippen LogP contribution is -2.10. The van der Waals surface area contributed by atoms with Crippen molar-refractivity contribution in [1.82, 2.24) is 20.3 Å². The molecule has 0 aliphatic heterocycles. The maximum atomic E-state index is 4.65. The van der Waals surface area contributed by atoms with Gasteiger partial charge in [0.15, 0.2) is 5.82 Å². The van der Waals surface area contributed by atoms with Gasteiger partial charge in [-0.15, -0.1) is 0 Å². The number of hydrogen-bond acceptors (Lipinski definition) is 4. The van der Waals surface area contributed by atoms with Crippen molar-refractivity contribution in [3.05, 3.63) is 40.8 Å². The second kappa shape index (κ2) is 6.57. The van der Waals surface area contributed by atoms with Crippen molar-refractivity contribution in [1.29, 1.82) is 0 Å². The van der Waals surface area contributed by atoms with Crippen LogP contribution in [0.1, 0.15) is 28.9 Å². The van der Waals surface area contributed by atoms with E-state index in [1.807, 2.05) is 26.1 Å². The van der Waals surface area contributed by atoms with E-state index < -0.39 is 0 Å². The van der Waals surface area contributed by atoms with Crippen molar-refractivity contribution in [3.63, 3.8) is 0 Å².